The van der Waals surface area contributed by atoms with Gasteiger partial charge in [-0.2, -0.15) is 5.10 Å². The maximum absolute atomic E-state index is 12.7. The number of esters is 1. The van der Waals surface area contributed by atoms with E-state index < -0.39 is 24.5 Å². The summed E-state index contributed by atoms with van der Waals surface area (Å²) in [6.45, 7) is 3.20. The molecule has 8 heteroatoms. The Kier molecular flexibility index (Phi) is 8.10. The van der Waals surface area contributed by atoms with Crippen LogP contribution < -0.4 is 10.6 Å². The fourth-order valence-corrected chi connectivity index (χ4v) is 3.96. The quantitative estimate of drug-likeness (QED) is 0.332. The number of benzene rings is 3. The zero-order valence-electron chi connectivity index (χ0n) is 20.7. The Morgan fingerprint density at radius 1 is 0.865 bits per heavy atom. The van der Waals surface area contributed by atoms with Gasteiger partial charge in [-0.1, -0.05) is 66.7 Å². The van der Waals surface area contributed by atoms with E-state index in [1.807, 2.05) is 73.7 Å². The molecule has 4 rings (SSSR count). The second kappa shape index (κ2) is 11.8. The molecule has 2 amide bonds. The normalized spacial score (nSPS) is 11.4. The number of para-hydroxylation sites is 1. The van der Waals surface area contributed by atoms with Crippen LogP contribution in [0.5, 0.6) is 0 Å². The van der Waals surface area contributed by atoms with E-state index in [9.17, 15) is 14.4 Å². The van der Waals surface area contributed by atoms with Crippen LogP contribution in [-0.4, -0.2) is 34.2 Å². The molecular weight excluding hydrogens is 468 g/mol. The van der Waals surface area contributed by atoms with Crippen molar-refractivity contribution in [3.8, 4) is 5.69 Å². The highest BCUT2D eigenvalue weighted by molar-refractivity contribution is 5.95. The van der Waals surface area contributed by atoms with E-state index in [1.54, 1.807) is 35.9 Å². The van der Waals surface area contributed by atoms with Gasteiger partial charge < -0.3 is 15.4 Å². The fourth-order valence-electron chi connectivity index (χ4n) is 3.96. The van der Waals surface area contributed by atoms with Crippen molar-refractivity contribution in [1.29, 1.82) is 0 Å². The topological polar surface area (TPSA) is 102 Å². The van der Waals surface area contributed by atoms with Gasteiger partial charge in [-0.25, -0.2) is 4.68 Å². The number of carbonyl (C=O) groups is 3. The zero-order valence-corrected chi connectivity index (χ0v) is 20.7. The van der Waals surface area contributed by atoms with E-state index in [-0.39, 0.29) is 12.3 Å². The Morgan fingerprint density at radius 2 is 1.46 bits per heavy atom. The number of nitrogens with one attached hydrogen (secondary N) is 2. The number of anilines is 1. The van der Waals surface area contributed by atoms with Gasteiger partial charge in [0.1, 0.15) is 0 Å². The molecule has 0 spiro atoms. The lowest BCUT2D eigenvalue weighted by Crippen LogP contribution is -2.31. The molecule has 4 aromatic rings. The van der Waals surface area contributed by atoms with Crippen LogP contribution in [0, 0.1) is 13.8 Å². The minimum atomic E-state index is -0.613. The molecule has 188 valence electrons. The molecule has 0 aliphatic carbocycles. The molecule has 0 saturated carbocycles. The number of aryl methyl sites for hydroxylation is 1. The zero-order chi connectivity index (χ0) is 26.2. The molecule has 2 N–H and O–H groups in total. The molecule has 1 heterocycles. The molecule has 0 radical (unpaired) electrons. The second-order valence-corrected chi connectivity index (χ2v) is 8.51. The molecule has 0 aliphatic heterocycles. The summed E-state index contributed by atoms with van der Waals surface area (Å²) in [5.74, 6) is -1.39. The molecule has 0 saturated heterocycles. The van der Waals surface area contributed by atoms with Crippen molar-refractivity contribution in [1.82, 2.24) is 15.1 Å². The van der Waals surface area contributed by atoms with Crippen LogP contribution in [-0.2, 0) is 14.3 Å². The van der Waals surface area contributed by atoms with Gasteiger partial charge in [0.25, 0.3) is 11.8 Å². The maximum Gasteiger partial charge on any atom is 0.308 e. The molecule has 0 unspecified atom stereocenters. The summed E-state index contributed by atoms with van der Waals surface area (Å²) in [6.07, 6.45) is -0.125. The molecule has 1 aromatic heterocycles. The molecule has 3 aromatic carbocycles. The van der Waals surface area contributed by atoms with Crippen LogP contribution in [0.4, 0.5) is 5.69 Å². The Bertz CT molecular complexity index is 1370. The summed E-state index contributed by atoms with van der Waals surface area (Å²) in [5, 5.41) is 10.2. The molecule has 0 bridgehead atoms. The van der Waals surface area contributed by atoms with Crippen molar-refractivity contribution in [2.75, 3.05) is 11.9 Å². The Labute approximate surface area is 215 Å². The number of nitrogens with zero attached hydrogens (tertiary/aromatic N) is 2. The van der Waals surface area contributed by atoms with Crippen molar-refractivity contribution in [3.05, 3.63) is 114 Å². The van der Waals surface area contributed by atoms with Gasteiger partial charge in [-0.05, 0) is 43.7 Å². The van der Waals surface area contributed by atoms with Crippen LogP contribution in [0.15, 0.2) is 91.0 Å². The van der Waals surface area contributed by atoms with Crippen LogP contribution in [0.3, 0.4) is 0 Å². The van der Waals surface area contributed by atoms with Crippen LogP contribution >= 0.6 is 0 Å². The van der Waals surface area contributed by atoms with E-state index >= 15 is 0 Å². The van der Waals surface area contributed by atoms with Gasteiger partial charge in [0.2, 0.25) is 0 Å². The Morgan fingerprint density at radius 3 is 2.11 bits per heavy atom. The summed E-state index contributed by atoms with van der Waals surface area (Å²) in [4.78, 5) is 38.0. The highest BCUT2D eigenvalue weighted by Crippen LogP contribution is 2.23. The predicted molar refractivity (Wildman–Crippen MR) is 140 cm³/mol. The van der Waals surface area contributed by atoms with Gasteiger partial charge in [0.15, 0.2) is 6.61 Å². The number of hydrogen-bond acceptors (Lipinski definition) is 5. The first-order chi connectivity index (χ1) is 17.9. The van der Waals surface area contributed by atoms with E-state index in [0.717, 1.165) is 16.9 Å². The number of ether oxygens (including phenoxy) is 1. The average molecular weight is 497 g/mol. The first kappa shape index (κ1) is 25.4. The molecular formula is C29H28N4O4. The summed E-state index contributed by atoms with van der Waals surface area (Å²) in [5.41, 5.74) is 4.09. The highest BCUT2D eigenvalue weighted by atomic mass is 16.5. The largest absolute Gasteiger partial charge is 0.455 e. The average Bonchev–Trinajstić information content (AvgIpc) is 3.21. The highest BCUT2D eigenvalue weighted by Gasteiger charge is 2.21. The Hall–Kier alpha value is -4.72. The molecule has 37 heavy (non-hydrogen) atoms. The van der Waals surface area contributed by atoms with Gasteiger partial charge in [-0.3, -0.25) is 14.4 Å². The van der Waals surface area contributed by atoms with E-state index in [1.165, 1.54) is 0 Å². The van der Waals surface area contributed by atoms with E-state index in [4.69, 9.17) is 4.74 Å². The standard InChI is InChI=1S/C29H28N4O4/c1-20-28(21(2)33(32-20)24-16-10-5-11-17-24)31-26(34)19-37-27(35)18-25(22-12-6-3-7-13-22)30-29(36)23-14-8-4-9-15-23/h3-17,25H,18-19H2,1-2H3,(H,30,36)(H,31,34)/t25-/m0/s1. The molecule has 8 nitrogen and oxygen atoms in total. The van der Waals surface area contributed by atoms with Crippen LogP contribution in [0.25, 0.3) is 5.69 Å². The van der Waals surface area contributed by atoms with Crippen LogP contribution in [0.1, 0.15) is 39.8 Å². The fraction of sp³-hybridized carbons (Fsp3) is 0.172. The van der Waals surface area contributed by atoms with E-state index in [2.05, 4.69) is 15.7 Å². The minimum absolute atomic E-state index is 0.125. The van der Waals surface area contributed by atoms with Gasteiger partial charge in [0.05, 0.1) is 35.2 Å². The lowest BCUT2D eigenvalue weighted by molar-refractivity contribution is -0.147. The number of carbonyl (C=O) groups excluding carboxylic acids is 3. The van der Waals surface area contributed by atoms with Crippen molar-refractivity contribution in [2.24, 2.45) is 0 Å². The van der Waals surface area contributed by atoms with Gasteiger partial charge >= 0.3 is 5.97 Å². The van der Waals surface area contributed by atoms with Crippen molar-refractivity contribution >= 4 is 23.5 Å². The smallest absolute Gasteiger partial charge is 0.308 e. The number of amides is 2. The predicted octanol–water partition coefficient (Wildman–Crippen LogP) is 4.53. The minimum Gasteiger partial charge on any atom is -0.455 e. The van der Waals surface area contributed by atoms with Gasteiger partial charge in [-0.15, -0.1) is 0 Å². The summed E-state index contributed by atoms with van der Waals surface area (Å²) >= 11 is 0. The summed E-state index contributed by atoms with van der Waals surface area (Å²) in [6, 6.07) is 26.9. The Balaban J connectivity index is 1.37. The van der Waals surface area contributed by atoms with Crippen LogP contribution in [0.2, 0.25) is 0 Å². The monoisotopic (exact) mass is 496 g/mol. The lowest BCUT2D eigenvalue weighted by atomic mass is 10.0. The SMILES string of the molecule is Cc1nn(-c2ccccc2)c(C)c1NC(=O)COC(=O)C[C@H](NC(=O)c1ccccc1)c1ccccc1. The third-order valence-corrected chi connectivity index (χ3v) is 5.83. The second-order valence-electron chi connectivity index (χ2n) is 8.51. The third-order valence-electron chi connectivity index (χ3n) is 5.83. The third kappa shape index (κ3) is 6.49. The summed E-state index contributed by atoms with van der Waals surface area (Å²) < 4.78 is 7.00. The molecule has 0 aliphatic rings. The van der Waals surface area contributed by atoms with E-state index in [0.29, 0.717) is 16.9 Å². The van der Waals surface area contributed by atoms with Gasteiger partial charge in [0, 0.05) is 5.56 Å². The number of hydrogen-bond donors (Lipinski definition) is 2. The van der Waals surface area contributed by atoms with Crippen molar-refractivity contribution < 1.29 is 19.1 Å². The first-order valence-corrected chi connectivity index (χ1v) is 11.9. The number of aromatic nitrogens is 2. The van der Waals surface area contributed by atoms with Crippen molar-refractivity contribution in [3.63, 3.8) is 0 Å². The molecule has 1 atom stereocenters. The molecule has 0 fully saturated rings. The first-order valence-electron chi connectivity index (χ1n) is 11.9. The number of rotatable bonds is 9. The lowest BCUT2D eigenvalue weighted by Gasteiger charge is -2.19. The maximum atomic E-state index is 12.7. The summed E-state index contributed by atoms with van der Waals surface area (Å²) in [7, 11) is 0. The van der Waals surface area contributed by atoms with Crippen molar-refractivity contribution in [2.45, 2.75) is 26.3 Å².